The molecule has 0 aliphatic heterocycles. The van der Waals surface area contributed by atoms with Gasteiger partial charge in [-0.3, -0.25) is 0 Å². The van der Waals surface area contributed by atoms with Gasteiger partial charge in [0.25, 0.3) is 0 Å². The van der Waals surface area contributed by atoms with E-state index in [4.69, 9.17) is 10.5 Å². The first-order valence-corrected chi connectivity index (χ1v) is 5.73. The predicted octanol–water partition coefficient (Wildman–Crippen LogP) is 1.72. The SMILES string of the molecule is COc1cccc(CCNc2nccnc2N)c1. The summed E-state index contributed by atoms with van der Waals surface area (Å²) in [4.78, 5) is 8.08. The van der Waals surface area contributed by atoms with E-state index in [2.05, 4.69) is 21.4 Å². The van der Waals surface area contributed by atoms with Crippen LogP contribution in [0.4, 0.5) is 11.6 Å². The fourth-order valence-electron chi connectivity index (χ4n) is 1.64. The van der Waals surface area contributed by atoms with Gasteiger partial charge in [0.2, 0.25) is 0 Å². The molecule has 1 aromatic heterocycles. The van der Waals surface area contributed by atoms with E-state index in [-0.39, 0.29) is 0 Å². The second-order valence-electron chi connectivity index (χ2n) is 3.82. The van der Waals surface area contributed by atoms with Crippen LogP contribution in [0.1, 0.15) is 5.56 Å². The van der Waals surface area contributed by atoms with Crippen molar-refractivity contribution in [3.05, 3.63) is 42.2 Å². The zero-order valence-electron chi connectivity index (χ0n) is 10.3. The average Bonchev–Trinajstić information content (AvgIpc) is 2.41. The van der Waals surface area contributed by atoms with Crippen molar-refractivity contribution in [2.75, 3.05) is 24.7 Å². The smallest absolute Gasteiger partial charge is 0.168 e. The molecule has 1 aromatic carbocycles. The minimum atomic E-state index is 0.420. The van der Waals surface area contributed by atoms with Crippen LogP contribution < -0.4 is 15.8 Å². The summed E-state index contributed by atoms with van der Waals surface area (Å²) < 4.78 is 5.18. The summed E-state index contributed by atoms with van der Waals surface area (Å²) in [6.07, 6.45) is 4.06. The van der Waals surface area contributed by atoms with Crippen molar-refractivity contribution in [1.29, 1.82) is 0 Å². The summed E-state index contributed by atoms with van der Waals surface area (Å²) in [6, 6.07) is 7.98. The number of hydrogen-bond donors (Lipinski definition) is 2. The molecule has 0 spiro atoms. The molecule has 0 atom stereocenters. The molecule has 0 aliphatic rings. The minimum absolute atomic E-state index is 0.420. The number of nitrogens with one attached hydrogen (secondary N) is 1. The Morgan fingerprint density at radius 1 is 1.28 bits per heavy atom. The first-order valence-electron chi connectivity index (χ1n) is 5.73. The van der Waals surface area contributed by atoms with Crippen molar-refractivity contribution in [1.82, 2.24) is 9.97 Å². The van der Waals surface area contributed by atoms with Crippen LogP contribution in [-0.2, 0) is 6.42 Å². The molecule has 0 radical (unpaired) electrons. The first kappa shape index (κ1) is 12.2. The van der Waals surface area contributed by atoms with E-state index in [0.29, 0.717) is 11.6 Å². The maximum Gasteiger partial charge on any atom is 0.168 e. The highest BCUT2D eigenvalue weighted by Crippen LogP contribution is 2.14. The third-order valence-electron chi connectivity index (χ3n) is 2.57. The third-order valence-corrected chi connectivity index (χ3v) is 2.57. The van der Waals surface area contributed by atoms with Gasteiger partial charge in [-0.15, -0.1) is 0 Å². The molecule has 0 aliphatic carbocycles. The normalized spacial score (nSPS) is 10.1. The van der Waals surface area contributed by atoms with E-state index in [9.17, 15) is 0 Å². The van der Waals surface area contributed by atoms with Crippen LogP contribution in [0.5, 0.6) is 5.75 Å². The summed E-state index contributed by atoms with van der Waals surface area (Å²) in [7, 11) is 1.66. The molecule has 0 fully saturated rings. The number of rotatable bonds is 5. The van der Waals surface area contributed by atoms with Crippen molar-refractivity contribution in [2.24, 2.45) is 0 Å². The Morgan fingerprint density at radius 2 is 2.11 bits per heavy atom. The molecule has 18 heavy (non-hydrogen) atoms. The van der Waals surface area contributed by atoms with Gasteiger partial charge in [0.05, 0.1) is 7.11 Å². The van der Waals surface area contributed by atoms with Gasteiger partial charge in [0.1, 0.15) is 5.75 Å². The fourth-order valence-corrected chi connectivity index (χ4v) is 1.64. The van der Waals surface area contributed by atoms with Crippen LogP contribution >= 0.6 is 0 Å². The summed E-state index contributed by atoms with van der Waals surface area (Å²) in [5, 5.41) is 3.16. The zero-order chi connectivity index (χ0) is 12.8. The van der Waals surface area contributed by atoms with Gasteiger partial charge in [-0.25, -0.2) is 9.97 Å². The summed E-state index contributed by atoms with van der Waals surface area (Å²) in [6.45, 7) is 0.746. The molecule has 0 bridgehead atoms. The second-order valence-corrected chi connectivity index (χ2v) is 3.82. The Morgan fingerprint density at radius 3 is 2.89 bits per heavy atom. The fraction of sp³-hybridized carbons (Fsp3) is 0.231. The molecule has 5 heteroatoms. The molecular formula is C13H16N4O. The van der Waals surface area contributed by atoms with Crippen molar-refractivity contribution < 1.29 is 4.74 Å². The minimum Gasteiger partial charge on any atom is -0.497 e. The van der Waals surface area contributed by atoms with E-state index in [0.717, 1.165) is 18.7 Å². The van der Waals surface area contributed by atoms with Crippen molar-refractivity contribution in [3.63, 3.8) is 0 Å². The van der Waals surface area contributed by atoms with E-state index in [1.807, 2.05) is 18.2 Å². The van der Waals surface area contributed by atoms with Crippen LogP contribution in [0.2, 0.25) is 0 Å². The van der Waals surface area contributed by atoms with Gasteiger partial charge >= 0.3 is 0 Å². The first-order chi connectivity index (χ1) is 8.79. The largest absolute Gasteiger partial charge is 0.497 e. The number of nitrogens with two attached hydrogens (primary N) is 1. The van der Waals surface area contributed by atoms with Gasteiger partial charge in [-0.05, 0) is 24.1 Å². The number of ether oxygens (including phenoxy) is 1. The maximum absolute atomic E-state index is 5.69. The molecule has 1 heterocycles. The number of nitrogen functional groups attached to an aromatic ring is 1. The van der Waals surface area contributed by atoms with Crippen LogP contribution in [-0.4, -0.2) is 23.6 Å². The summed E-state index contributed by atoms with van der Waals surface area (Å²) >= 11 is 0. The second kappa shape index (κ2) is 5.86. The lowest BCUT2D eigenvalue weighted by Gasteiger charge is -2.07. The molecule has 0 amide bonds. The number of benzene rings is 1. The molecule has 94 valence electrons. The molecule has 5 nitrogen and oxygen atoms in total. The lowest BCUT2D eigenvalue weighted by atomic mass is 10.1. The van der Waals surface area contributed by atoms with Crippen LogP contribution in [0, 0.1) is 0 Å². The van der Waals surface area contributed by atoms with E-state index in [1.54, 1.807) is 19.5 Å². The molecule has 0 saturated heterocycles. The van der Waals surface area contributed by atoms with Crippen LogP contribution in [0.25, 0.3) is 0 Å². The summed E-state index contributed by atoms with van der Waals surface area (Å²) in [5.41, 5.74) is 6.89. The van der Waals surface area contributed by atoms with Gasteiger partial charge < -0.3 is 15.8 Å². The highest BCUT2D eigenvalue weighted by Gasteiger charge is 2.00. The van der Waals surface area contributed by atoms with Gasteiger partial charge in [0, 0.05) is 18.9 Å². The molecule has 0 saturated carbocycles. The average molecular weight is 244 g/mol. The van der Waals surface area contributed by atoms with Gasteiger partial charge in [0.15, 0.2) is 11.6 Å². The maximum atomic E-state index is 5.69. The Kier molecular flexibility index (Phi) is 3.96. The monoisotopic (exact) mass is 244 g/mol. The molecular weight excluding hydrogens is 228 g/mol. The number of nitrogens with zero attached hydrogens (tertiary/aromatic N) is 2. The number of methoxy groups -OCH3 is 1. The standard InChI is InChI=1S/C13H16N4O/c1-18-11-4-2-3-10(9-11)5-6-16-13-12(14)15-7-8-17-13/h2-4,7-9H,5-6H2,1H3,(H2,14,15)(H,16,17). The number of hydrogen-bond acceptors (Lipinski definition) is 5. The Balaban J connectivity index is 1.90. The Bertz CT molecular complexity index is 516. The van der Waals surface area contributed by atoms with Gasteiger partial charge in [-0.2, -0.15) is 0 Å². The van der Waals surface area contributed by atoms with Crippen molar-refractivity contribution in [2.45, 2.75) is 6.42 Å². The molecule has 0 unspecified atom stereocenters. The van der Waals surface area contributed by atoms with Crippen molar-refractivity contribution in [3.8, 4) is 5.75 Å². The van der Waals surface area contributed by atoms with E-state index >= 15 is 0 Å². The topological polar surface area (TPSA) is 73.1 Å². The van der Waals surface area contributed by atoms with Crippen LogP contribution in [0.3, 0.4) is 0 Å². The van der Waals surface area contributed by atoms with Crippen LogP contribution in [0.15, 0.2) is 36.7 Å². The third kappa shape index (κ3) is 3.10. The number of aromatic nitrogens is 2. The quantitative estimate of drug-likeness (QED) is 0.837. The highest BCUT2D eigenvalue weighted by atomic mass is 16.5. The number of anilines is 2. The Labute approximate surface area is 106 Å². The van der Waals surface area contributed by atoms with E-state index < -0.39 is 0 Å². The molecule has 2 aromatic rings. The lowest BCUT2D eigenvalue weighted by molar-refractivity contribution is 0.414. The van der Waals surface area contributed by atoms with Gasteiger partial charge in [-0.1, -0.05) is 12.1 Å². The predicted molar refractivity (Wildman–Crippen MR) is 71.6 cm³/mol. The lowest BCUT2D eigenvalue weighted by Crippen LogP contribution is -2.09. The zero-order valence-corrected chi connectivity index (χ0v) is 10.3. The van der Waals surface area contributed by atoms with Crippen molar-refractivity contribution >= 4 is 11.6 Å². The summed E-state index contributed by atoms with van der Waals surface area (Å²) in [5.74, 6) is 1.91. The Hall–Kier alpha value is -2.30. The van der Waals surface area contributed by atoms with E-state index in [1.165, 1.54) is 5.56 Å². The molecule has 2 rings (SSSR count). The molecule has 3 N–H and O–H groups in total. The highest BCUT2D eigenvalue weighted by molar-refractivity contribution is 5.54.